The van der Waals surface area contributed by atoms with Crippen molar-refractivity contribution in [2.45, 2.75) is 38.8 Å². The van der Waals surface area contributed by atoms with Gasteiger partial charge in [-0.1, -0.05) is 6.92 Å². The fraction of sp³-hybridized carbons (Fsp3) is 0.588. The normalized spacial score (nSPS) is 23.0. The van der Waals surface area contributed by atoms with Gasteiger partial charge in [-0.3, -0.25) is 4.79 Å². The Balaban J connectivity index is 1.99. The molecule has 1 saturated heterocycles. The van der Waals surface area contributed by atoms with E-state index in [1.165, 1.54) is 0 Å². The number of hydrogen-bond acceptors (Lipinski definition) is 3. The molecule has 1 heterocycles. The molecule has 0 aliphatic carbocycles. The third kappa shape index (κ3) is 4.70. The van der Waals surface area contributed by atoms with Gasteiger partial charge in [0.1, 0.15) is 5.82 Å². The average molecular weight is 343 g/mol. The van der Waals surface area contributed by atoms with Gasteiger partial charge in [0, 0.05) is 37.7 Å². The van der Waals surface area contributed by atoms with Crippen molar-refractivity contribution < 1.29 is 18.0 Å². The summed E-state index contributed by atoms with van der Waals surface area (Å²) in [4.78, 5) is 14.3. The van der Waals surface area contributed by atoms with Crippen LogP contribution in [0.4, 0.5) is 13.2 Å². The van der Waals surface area contributed by atoms with Gasteiger partial charge >= 0.3 is 0 Å². The van der Waals surface area contributed by atoms with Gasteiger partial charge in [0.2, 0.25) is 5.91 Å². The lowest BCUT2D eigenvalue weighted by atomic mass is 10.0. The highest BCUT2D eigenvalue weighted by Crippen LogP contribution is 2.17. The van der Waals surface area contributed by atoms with Gasteiger partial charge in [-0.05, 0) is 37.4 Å². The molecule has 1 fully saturated rings. The molecule has 1 aliphatic heterocycles. The molecule has 3 N–H and O–H groups in total. The maximum Gasteiger partial charge on any atom is 0.224 e. The Labute approximate surface area is 140 Å². The average Bonchev–Trinajstić information content (AvgIpc) is 2.66. The molecule has 1 aromatic carbocycles. The molecule has 4 nitrogen and oxygen atoms in total. The van der Waals surface area contributed by atoms with E-state index < -0.39 is 23.5 Å². The molecule has 24 heavy (non-hydrogen) atoms. The lowest BCUT2D eigenvalue weighted by Crippen LogP contribution is -2.44. The minimum Gasteiger partial charge on any atom is -0.338 e. The molecule has 0 spiro atoms. The Bertz CT molecular complexity index is 597. The number of rotatable bonds is 4. The standard InChI is InChI=1S/C17H24F3N3O/c1-10-7-22-8-11(2)23(9-10)17(24)5-13(21)3-12-4-15(19)16(20)6-14(12)18/h4,6,10-11,13,22H,3,5,7-9,21H2,1-2H3/t10-,11+,13+/m0/s1. The molecular formula is C17H24F3N3O. The summed E-state index contributed by atoms with van der Waals surface area (Å²) in [6.07, 6.45) is 0.0142. The van der Waals surface area contributed by atoms with Crippen molar-refractivity contribution in [1.82, 2.24) is 10.2 Å². The first-order valence-corrected chi connectivity index (χ1v) is 8.17. The molecule has 7 heteroatoms. The fourth-order valence-electron chi connectivity index (χ4n) is 2.99. The molecular weight excluding hydrogens is 319 g/mol. The number of hydrogen-bond donors (Lipinski definition) is 2. The molecule has 1 amide bonds. The largest absolute Gasteiger partial charge is 0.338 e. The number of benzene rings is 1. The first-order valence-electron chi connectivity index (χ1n) is 8.17. The van der Waals surface area contributed by atoms with Crippen LogP contribution in [0.25, 0.3) is 0 Å². The number of amides is 1. The van der Waals surface area contributed by atoms with E-state index in [0.717, 1.165) is 12.6 Å². The van der Waals surface area contributed by atoms with Crippen LogP contribution < -0.4 is 11.1 Å². The van der Waals surface area contributed by atoms with Crippen LogP contribution in [0, 0.1) is 23.4 Å². The number of nitrogens with one attached hydrogen (secondary N) is 1. The van der Waals surface area contributed by atoms with Gasteiger partial charge in [0.15, 0.2) is 11.6 Å². The summed E-state index contributed by atoms with van der Waals surface area (Å²) in [5, 5.41) is 3.29. The van der Waals surface area contributed by atoms with Crippen LogP contribution in [0.5, 0.6) is 0 Å². The first-order chi connectivity index (χ1) is 11.3. The third-order valence-corrected chi connectivity index (χ3v) is 4.30. The van der Waals surface area contributed by atoms with Gasteiger partial charge in [0.25, 0.3) is 0 Å². The highest BCUT2D eigenvalue weighted by atomic mass is 19.2. The topological polar surface area (TPSA) is 58.4 Å². The van der Waals surface area contributed by atoms with Gasteiger partial charge in [0.05, 0.1) is 0 Å². The molecule has 2 rings (SSSR count). The molecule has 0 unspecified atom stereocenters. The molecule has 1 aliphatic rings. The van der Waals surface area contributed by atoms with Gasteiger partial charge in [-0.15, -0.1) is 0 Å². The van der Waals surface area contributed by atoms with Crippen LogP contribution in [0.2, 0.25) is 0 Å². The Kier molecular flexibility index (Phi) is 6.23. The lowest BCUT2D eigenvalue weighted by molar-refractivity contribution is -0.133. The van der Waals surface area contributed by atoms with Crippen LogP contribution in [0.3, 0.4) is 0 Å². The number of carbonyl (C=O) groups is 1. The molecule has 3 atom stereocenters. The fourth-order valence-corrected chi connectivity index (χ4v) is 2.99. The summed E-state index contributed by atoms with van der Waals surface area (Å²) in [5.74, 6) is -2.98. The maximum atomic E-state index is 13.7. The molecule has 0 aromatic heterocycles. The SMILES string of the molecule is C[C@H]1CNC[C@@H](C)N(C(=O)C[C@H](N)Cc2cc(F)c(F)cc2F)C1. The predicted molar refractivity (Wildman–Crippen MR) is 85.8 cm³/mol. The third-order valence-electron chi connectivity index (χ3n) is 4.30. The van der Waals surface area contributed by atoms with Crippen molar-refractivity contribution in [2.24, 2.45) is 11.7 Å². The van der Waals surface area contributed by atoms with Crippen molar-refractivity contribution in [1.29, 1.82) is 0 Å². The monoisotopic (exact) mass is 343 g/mol. The summed E-state index contributed by atoms with van der Waals surface area (Å²) >= 11 is 0. The van der Waals surface area contributed by atoms with E-state index in [1.807, 2.05) is 6.92 Å². The highest BCUT2D eigenvalue weighted by molar-refractivity contribution is 5.77. The number of halogens is 3. The van der Waals surface area contributed by atoms with Crippen LogP contribution in [0.15, 0.2) is 12.1 Å². The summed E-state index contributed by atoms with van der Waals surface area (Å²) < 4.78 is 39.9. The summed E-state index contributed by atoms with van der Waals surface area (Å²) in [6.45, 7) is 6.22. The number of nitrogens with zero attached hydrogens (tertiary/aromatic N) is 1. The summed E-state index contributed by atoms with van der Waals surface area (Å²) in [6, 6.07) is 0.698. The van der Waals surface area contributed by atoms with E-state index in [4.69, 9.17) is 5.73 Å². The van der Waals surface area contributed by atoms with E-state index >= 15 is 0 Å². The highest BCUT2D eigenvalue weighted by Gasteiger charge is 2.26. The van der Waals surface area contributed by atoms with Gasteiger partial charge < -0.3 is 16.0 Å². The van der Waals surface area contributed by atoms with Crippen LogP contribution in [-0.2, 0) is 11.2 Å². The van der Waals surface area contributed by atoms with Crippen molar-refractivity contribution >= 4 is 5.91 Å². The van der Waals surface area contributed by atoms with E-state index in [9.17, 15) is 18.0 Å². The Morgan fingerprint density at radius 3 is 2.62 bits per heavy atom. The zero-order valence-electron chi connectivity index (χ0n) is 14.0. The Hall–Kier alpha value is -1.60. The molecule has 0 radical (unpaired) electrons. The van der Waals surface area contributed by atoms with E-state index in [0.29, 0.717) is 25.1 Å². The number of carbonyl (C=O) groups excluding carboxylic acids is 1. The van der Waals surface area contributed by atoms with Crippen molar-refractivity contribution in [3.8, 4) is 0 Å². The Morgan fingerprint density at radius 1 is 1.25 bits per heavy atom. The molecule has 134 valence electrons. The second kappa shape index (κ2) is 7.98. The summed E-state index contributed by atoms with van der Waals surface area (Å²) in [5.41, 5.74) is 5.92. The van der Waals surface area contributed by atoms with E-state index in [2.05, 4.69) is 12.2 Å². The number of nitrogens with two attached hydrogens (primary N) is 1. The quantitative estimate of drug-likeness (QED) is 0.820. The predicted octanol–water partition coefficient (Wildman–Crippen LogP) is 1.82. The zero-order valence-corrected chi connectivity index (χ0v) is 14.0. The zero-order chi connectivity index (χ0) is 17.9. The van der Waals surface area contributed by atoms with Gasteiger partial charge in [-0.25, -0.2) is 13.2 Å². The maximum absolute atomic E-state index is 13.7. The van der Waals surface area contributed by atoms with Crippen LogP contribution >= 0.6 is 0 Å². The van der Waals surface area contributed by atoms with Crippen molar-refractivity contribution in [3.63, 3.8) is 0 Å². The van der Waals surface area contributed by atoms with E-state index in [-0.39, 0.29) is 30.4 Å². The first kappa shape index (κ1) is 18.7. The molecule has 1 aromatic rings. The van der Waals surface area contributed by atoms with E-state index in [1.54, 1.807) is 4.90 Å². The van der Waals surface area contributed by atoms with Crippen molar-refractivity contribution in [3.05, 3.63) is 35.1 Å². The smallest absolute Gasteiger partial charge is 0.224 e. The van der Waals surface area contributed by atoms with Crippen LogP contribution in [-0.4, -0.2) is 42.5 Å². The second-order valence-electron chi connectivity index (χ2n) is 6.68. The minimum absolute atomic E-state index is 0.0202. The summed E-state index contributed by atoms with van der Waals surface area (Å²) in [7, 11) is 0. The van der Waals surface area contributed by atoms with Crippen LogP contribution in [0.1, 0.15) is 25.8 Å². The lowest BCUT2D eigenvalue weighted by Gasteiger charge is -2.29. The van der Waals surface area contributed by atoms with Gasteiger partial charge in [-0.2, -0.15) is 0 Å². The Morgan fingerprint density at radius 2 is 1.92 bits per heavy atom. The molecule has 0 saturated carbocycles. The minimum atomic E-state index is -1.24. The van der Waals surface area contributed by atoms with Crippen molar-refractivity contribution in [2.75, 3.05) is 19.6 Å². The second-order valence-corrected chi connectivity index (χ2v) is 6.68. The molecule has 0 bridgehead atoms.